The molecule has 0 saturated carbocycles. The standard InChI is InChI=1S/C19H28N2O2/c1-15(2)21-11-9-19(14-21)8-5-10-20(18(19)22)13-16-6-4-7-17(12-16)23-3/h4,6-7,12,15H,5,8-11,13-14H2,1-3H3/t19-/m1/s1. The van der Waals surface area contributed by atoms with Gasteiger partial charge in [-0.05, 0) is 57.4 Å². The lowest BCUT2D eigenvalue weighted by Crippen LogP contribution is -2.50. The zero-order valence-corrected chi connectivity index (χ0v) is 14.5. The first kappa shape index (κ1) is 16.3. The maximum absolute atomic E-state index is 13.1. The Balaban J connectivity index is 1.73. The van der Waals surface area contributed by atoms with E-state index >= 15 is 0 Å². The normalized spacial score (nSPS) is 25.6. The number of nitrogens with zero attached hydrogens (tertiary/aromatic N) is 2. The van der Waals surface area contributed by atoms with Crippen LogP contribution >= 0.6 is 0 Å². The molecule has 4 heteroatoms. The zero-order chi connectivity index (χ0) is 16.4. The van der Waals surface area contributed by atoms with Crippen molar-refractivity contribution in [1.29, 1.82) is 0 Å². The molecule has 1 atom stereocenters. The average molecular weight is 316 g/mol. The van der Waals surface area contributed by atoms with Crippen LogP contribution in [0.15, 0.2) is 24.3 Å². The minimum atomic E-state index is -0.138. The molecule has 0 aliphatic carbocycles. The van der Waals surface area contributed by atoms with Crippen LogP contribution in [0.2, 0.25) is 0 Å². The lowest BCUT2D eigenvalue weighted by molar-refractivity contribution is -0.146. The Labute approximate surface area is 139 Å². The molecule has 23 heavy (non-hydrogen) atoms. The Morgan fingerprint density at radius 1 is 1.26 bits per heavy atom. The van der Waals surface area contributed by atoms with Gasteiger partial charge in [-0.15, -0.1) is 0 Å². The minimum Gasteiger partial charge on any atom is -0.497 e. The van der Waals surface area contributed by atoms with Gasteiger partial charge in [0.05, 0.1) is 12.5 Å². The first-order chi connectivity index (χ1) is 11.0. The zero-order valence-electron chi connectivity index (χ0n) is 14.5. The molecule has 2 aliphatic heterocycles. The van der Waals surface area contributed by atoms with Crippen molar-refractivity contribution in [2.24, 2.45) is 5.41 Å². The van der Waals surface area contributed by atoms with Crippen molar-refractivity contribution < 1.29 is 9.53 Å². The number of methoxy groups -OCH3 is 1. The van der Waals surface area contributed by atoms with E-state index in [-0.39, 0.29) is 5.41 Å². The molecule has 2 fully saturated rings. The van der Waals surface area contributed by atoms with E-state index in [0.29, 0.717) is 18.5 Å². The number of piperidine rings is 1. The molecule has 0 aromatic heterocycles. The second-order valence-electron chi connectivity index (χ2n) is 7.28. The van der Waals surface area contributed by atoms with Crippen LogP contribution in [0, 0.1) is 5.41 Å². The summed E-state index contributed by atoms with van der Waals surface area (Å²) in [5.74, 6) is 1.21. The largest absolute Gasteiger partial charge is 0.497 e. The number of rotatable bonds is 4. The summed E-state index contributed by atoms with van der Waals surface area (Å²) in [5.41, 5.74) is 1.01. The monoisotopic (exact) mass is 316 g/mol. The first-order valence-corrected chi connectivity index (χ1v) is 8.70. The van der Waals surface area contributed by atoms with Gasteiger partial charge in [0, 0.05) is 25.7 Å². The maximum Gasteiger partial charge on any atom is 0.230 e. The molecule has 1 amide bonds. The van der Waals surface area contributed by atoms with Crippen molar-refractivity contribution in [3.63, 3.8) is 0 Å². The summed E-state index contributed by atoms with van der Waals surface area (Å²) in [6.07, 6.45) is 3.17. The molecule has 0 radical (unpaired) electrons. The van der Waals surface area contributed by atoms with Gasteiger partial charge in [-0.3, -0.25) is 9.69 Å². The fourth-order valence-corrected chi connectivity index (χ4v) is 4.02. The van der Waals surface area contributed by atoms with Crippen molar-refractivity contribution >= 4 is 5.91 Å². The van der Waals surface area contributed by atoms with Gasteiger partial charge >= 0.3 is 0 Å². The SMILES string of the molecule is COc1cccc(CN2CCC[C@]3(CCN(C(C)C)C3)C2=O)c1. The summed E-state index contributed by atoms with van der Waals surface area (Å²) in [6, 6.07) is 8.57. The summed E-state index contributed by atoms with van der Waals surface area (Å²) in [7, 11) is 1.68. The van der Waals surface area contributed by atoms with Crippen LogP contribution in [0.3, 0.4) is 0 Å². The summed E-state index contributed by atoms with van der Waals surface area (Å²) in [4.78, 5) is 17.7. The van der Waals surface area contributed by atoms with Crippen LogP contribution in [0.25, 0.3) is 0 Å². The van der Waals surface area contributed by atoms with Crippen molar-refractivity contribution in [1.82, 2.24) is 9.80 Å². The number of ether oxygens (including phenoxy) is 1. The Morgan fingerprint density at radius 3 is 2.78 bits per heavy atom. The third-order valence-electron chi connectivity index (χ3n) is 5.45. The Hall–Kier alpha value is -1.55. The molecule has 2 saturated heterocycles. The summed E-state index contributed by atoms with van der Waals surface area (Å²) >= 11 is 0. The number of likely N-dealkylation sites (tertiary alicyclic amines) is 2. The third-order valence-corrected chi connectivity index (χ3v) is 5.45. The Morgan fingerprint density at radius 2 is 2.09 bits per heavy atom. The van der Waals surface area contributed by atoms with Gasteiger partial charge < -0.3 is 9.64 Å². The number of hydrogen-bond acceptors (Lipinski definition) is 3. The summed E-state index contributed by atoms with van der Waals surface area (Å²) < 4.78 is 5.29. The highest BCUT2D eigenvalue weighted by Crippen LogP contribution is 2.41. The molecule has 126 valence electrons. The molecule has 2 aliphatic rings. The number of hydrogen-bond donors (Lipinski definition) is 0. The van der Waals surface area contributed by atoms with Crippen LogP contribution in [-0.4, -0.2) is 48.5 Å². The number of carbonyl (C=O) groups is 1. The van der Waals surface area contributed by atoms with Gasteiger partial charge in [-0.1, -0.05) is 12.1 Å². The fraction of sp³-hybridized carbons (Fsp3) is 0.632. The third kappa shape index (κ3) is 3.23. The molecule has 3 rings (SSSR count). The topological polar surface area (TPSA) is 32.8 Å². The average Bonchev–Trinajstić information content (AvgIpc) is 2.98. The number of carbonyl (C=O) groups excluding carboxylic acids is 1. The molecule has 1 aromatic rings. The van der Waals surface area contributed by atoms with Crippen molar-refractivity contribution in [2.75, 3.05) is 26.7 Å². The van der Waals surface area contributed by atoms with Crippen LogP contribution in [0.5, 0.6) is 5.75 Å². The highest BCUT2D eigenvalue weighted by molar-refractivity contribution is 5.84. The van der Waals surface area contributed by atoms with E-state index in [1.165, 1.54) is 0 Å². The van der Waals surface area contributed by atoms with E-state index < -0.39 is 0 Å². The van der Waals surface area contributed by atoms with Gasteiger partial charge in [-0.2, -0.15) is 0 Å². The molecule has 0 unspecified atom stereocenters. The maximum atomic E-state index is 13.1. The highest BCUT2D eigenvalue weighted by Gasteiger charge is 2.48. The van der Waals surface area contributed by atoms with Crippen molar-refractivity contribution in [2.45, 2.75) is 45.7 Å². The van der Waals surface area contributed by atoms with Crippen molar-refractivity contribution in [3.8, 4) is 5.75 Å². The smallest absolute Gasteiger partial charge is 0.230 e. The number of benzene rings is 1. The van der Waals surface area contributed by atoms with Crippen LogP contribution in [-0.2, 0) is 11.3 Å². The van der Waals surface area contributed by atoms with E-state index in [2.05, 4.69) is 29.7 Å². The molecule has 2 heterocycles. The molecule has 4 nitrogen and oxygen atoms in total. The van der Waals surface area contributed by atoms with E-state index in [4.69, 9.17) is 4.74 Å². The quantitative estimate of drug-likeness (QED) is 0.856. The van der Waals surface area contributed by atoms with E-state index in [1.54, 1.807) is 7.11 Å². The van der Waals surface area contributed by atoms with Gasteiger partial charge in [0.2, 0.25) is 5.91 Å². The van der Waals surface area contributed by atoms with Crippen LogP contribution in [0.1, 0.15) is 38.7 Å². The van der Waals surface area contributed by atoms with Crippen LogP contribution < -0.4 is 4.74 Å². The minimum absolute atomic E-state index is 0.138. The van der Waals surface area contributed by atoms with Gasteiger partial charge in [0.15, 0.2) is 0 Å². The summed E-state index contributed by atoms with van der Waals surface area (Å²) in [6.45, 7) is 7.99. The Kier molecular flexibility index (Phi) is 4.62. The second kappa shape index (κ2) is 6.52. The number of amides is 1. The molecular weight excluding hydrogens is 288 g/mol. The van der Waals surface area contributed by atoms with Gasteiger partial charge in [0.1, 0.15) is 5.75 Å². The lowest BCUT2D eigenvalue weighted by Gasteiger charge is -2.39. The second-order valence-corrected chi connectivity index (χ2v) is 7.28. The fourth-order valence-electron chi connectivity index (χ4n) is 4.02. The van der Waals surface area contributed by atoms with E-state index in [1.807, 2.05) is 18.2 Å². The molecule has 0 bridgehead atoms. The van der Waals surface area contributed by atoms with Gasteiger partial charge in [0.25, 0.3) is 0 Å². The highest BCUT2D eigenvalue weighted by atomic mass is 16.5. The van der Waals surface area contributed by atoms with Gasteiger partial charge in [-0.25, -0.2) is 0 Å². The molecular formula is C19H28N2O2. The van der Waals surface area contributed by atoms with E-state index in [9.17, 15) is 4.79 Å². The van der Waals surface area contributed by atoms with E-state index in [0.717, 1.165) is 50.2 Å². The lowest BCUT2D eigenvalue weighted by atomic mass is 9.78. The summed E-state index contributed by atoms with van der Waals surface area (Å²) in [5, 5.41) is 0. The predicted molar refractivity (Wildman–Crippen MR) is 91.4 cm³/mol. The van der Waals surface area contributed by atoms with Crippen molar-refractivity contribution in [3.05, 3.63) is 29.8 Å². The predicted octanol–water partition coefficient (Wildman–Crippen LogP) is 2.92. The molecule has 1 spiro atoms. The first-order valence-electron chi connectivity index (χ1n) is 8.70. The molecule has 1 aromatic carbocycles. The molecule has 0 N–H and O–H groups in total. The van der Waals surface area contributed by atoms with Crippen LogP contribution in [0.4, 0.5) is 0 Å². The Bertz CT molecular complexity index is 572.